The number of halogens is 3. The molecule has 3 rings (SSSR count). The largest absolute Gasteiger partial charge is 0.573 e. The number of esters is 1. The first-order valence-corrected chi connectivity index (χ1v) is 11.2. The molecule has 0 aliphatic carbocycles. The number of anilines is 1. The lowest BCUT2D eigenvalue weighted by Crippen LogP contribution is -2.37. The second kappa shape index (κ2) is 10.4. The lowest BCUT2D eigenvalue weighted by Gasteiger charge is -2.26. The molecule has 8 heteroatoms. The van der Waals surface area contributed by atoms with Crippen LogP contribution in [0, 0.1) is 6.92 Å². The second-order valence-corrected chi connectivity index (χ2v) is 9.42. The monoisotopic (exact) mass is 499 g/mol. The maximum atomic E-state index is 13.1. The van der Waals surface area contributed by atoms with Gasteiger partial charge < -0.3 is 9.47 Å². The number of aryl methyl sites for hydroxylation is 1. The van der Waals surface area contributed by atoms with E-state index in [-0.39, 0.29) is 17.7 Å². The van der Waals surface area contributed by atoms with Gasteiger partial charge in [-0.3, -0.25) is 9.69 Å². The summed E-state index contributed by atoms with van der Waals surface area (Å²) in [5.74, 6) is -2.25. The SMILES string of the molecule is COC(=O)C(=O)N(Cc1ccc(C(C)(C)C)cc1)c1ccc(C)cc1-c1ccc(OC(F)(F)F)cc1. The second-order valence-electron chi connectivity index (χ2n) is 9.42. The van der Waals surface area contributed by atoms with E-state index in [1.807, 2.05) is 31.2 Å². The standard InChI is InChI=1S/C28H28F3NO4/c1-18-6-15-24(23(16-18)20-9-13-22(14-10-20)36-28(29,30)31)32(25(33)26(34)35-5)17-19-7-11-21(12-8-19)27(2,3)4/h6-16H,17H2,1-5H3. The fourth-order valence-corrected chi connectivity index (χ4v) is 3.71. The molecule has 0 saturated heterocycles. The minimum atomic E-state index is -4.80. The van der Waals surface area contributed by atoms with Crippen molar-refractivity contribution < 1.29 is 32.2 Å². The zero-order valence-electron chi connectivity index (χ0n) is 20.8. The van der Waals surface area contributed by atoms with Crippen molar-refractivity contribution in [3.05, 3.63) is 83.4 Å². The third kappa shape index (κ3) is 6.65. The smallest absolute Gasteiger partial charge is 0.462 e. The summed E-state index contributed by atoms with van der Waals surface area (Å²) >= 11 is 0. The van der Waals surface area contributed by atoms with Crippen LogP contribution in [0.4, 0.5) is 18.9 Å². The Bertz CT molecular complexity index is 1230. The van der Waals surface area contributed by atoms with Crippen molar-refractivity contribution in [2.75, 3.05) is 12.0 Å². The van der Waals surface area contributed by atoms with Crippen molar-refractivity contribution in [1.29, 1.82) is 0 Å². The average Bonchev–Trinajstić information content (AvgIpc) is 2.81. The zero-order chi connectivity index (χ0) is 26.7. The summed E-state index contributed by atoms with van der Waals surface area (Å²) in [6.07, 6.45) is -4.80. The lowest BCUT2D eigenvalue weighted by molar-refractivity contribution is -0.274. The van der Waals surface area contributed by atoms with Crippen molar-refractivity contribution in [2.45, 2.75) is 46.0 Å². The number of ether oxygens (including phenoxy) is 2. The summed E-state index contributed by atoms with van der Waals surface area (Å²) in [7, 11) is 1.13. The summed E-state index contributed by atoms with van der Waals surface area (Å²) in [5.41, 5.74) is 4.26. The Morgan fingerprint density at radius 3 is 2.03 bits per heavy atom. The predicted molar refractivity (Wildman–Crippen MR) is 132 cm³/mol. The molecule has 1 amide bonds. The molecule has 0 atom stereocenters. The molecule has 0 spiro atoms. The van der Waals surface area contributed by atoms with Crippen molar-refractivity contribution in [2.24, 2.45) is 0 Å². The lowest BCUT2D eigenvalue weighted by atomic mass is 9.86. The molecule has 0 saturated carbocycles. The normalized spacial score (nSPS) is 11.7. The number of amides is 1. The molecule has 0 radical (unpaired) electrons. The van der Waals surface area contributed by atoms with E-state index in [2.05, 4.69) is 25.5 Å². The van der Waals surface area contributed by atoms with Crippen molar-refractivity contribution in [3.8, 4) is 16.9 Å². The van der Waals surface area contributed by atoms with Crippen LogP contribution in [0.5, 0.6) is 5.75 Å². The number of rotatable bonds is 5. The number of hydrogen-bond acceptors (Lipinski definition) is 4. The fraction of sp³-hybridized carbons (Fsp3) is 0.286. The first-order chi connectivity index (χ1) is 16.8. The molecule has 0 heterocycles. The van der Waals surface area contributed by atoms with Crippen LogP contribution in [0.2, 0.25) is 0 Å². The number of carbonyl (C=O) groups excluding carboxylic acids is 2. The zero-order valence-corrected chi connectivity index (χ0v) is 20.8. The average molecular weight is 500 g/mol. The third-order valence-electron chi connectivity index (χ3n) is 5.61. The predicted octanol–water partition coefficient (Wildman–Crippen LogP) is 6.56. The van der Waals surface area contributed by atoms with Gasteiger partial charge in [-0.25, -0.2) is 4.79 Å². The van der Waals surface area contributed by atoms with Gasteiger partial charge in [0, 0.05) is 5.56 Å². The highest BCUT2D eigenvalue weighted by Gasteiger charge is 2.31. The first-order valence-electron chi connectivity index (χ1n) is 11.2. The van der Waals surface area contributed by atoms with Gasteiger partial charge in [0.05, 0.1) is 19.3 Å². The Labute approximate surface area is 208 Å². The molecule has 3 aromatic rings. The van der Waals surface area contributed by atoms with E-state index in [0.717, 1.165) is 23.8 Å². The summed E-state index contributed by atoms with van der Waals surface area (Å²) in [5, 5.41) is 0. The maximum absolute atomic E-state index is 13.1. The Morgan fingerprint density at radius 1 is 0.889 bits per heavy atom. The molecule has 0 fully saturated rings. The van der Waals surface area contributed by atoms with Gasteiger partial charge in [0.2, 0.25) is 0 Å². The van der Waals surface area contributed by atoms with Gasteiger partial charge in [-0.2, -0.15) is 0 Å². The van der Waals surface area contributed by atoms with Gasteiger partial charge in [0.25, 0.3) is 0 Å². The van der Waals surface area contributed by atoms with Crippen LogP contribution in [0.1, 0.15) is 37.5 Å². The number of carbonyl (C=O) groups is 2. The molecule has 0 aliphatic heterocycles. The molecular formula is C28H28F3NO4. The van der Waals surface area contributed by atoms with Crippen LogP contribution in [0.15, 0.2) is 66.7 Å². The van der Waals surface area contributed by atoms with Crippen LogP contribution in [0.25, 0.3) is 11.1 Å². The highest BCUT2D eigenvalue weighted by molar-refractivity contribution is 6.38. The number of alkyl halides is 3. The van der Waals surface area contributed by atoms with Gasteiger partial charge in [-0.15, -0.1) is 13.2 Å². The van der Waals surface area contributed by atoms with Crippen LogP contribution >= 0.6 is 0 Å². The van der Waals surface area contributed by atoms with E-state index in [1.165, 1.54) is 29.2 Å². The maximum Gasteiger partial charge on any atom is 0.573 e. The number of methoxy groups -OCH3 is 1. The van der Waals surface area contributed by atoms with Crippen LogP contribution < -0.4 is 9.64 Å². The van der Waals surface area contributed by atoms with E-state index in [4.69, 9.17) is 4.74 Å². The Hall–Kier alpha value is -3.81. The Kier molecular flexibility index (Phi) is 7.77. The Morgan fingerprint density at radius 2 is 1.50 bits per heavy atom. The van der Waals surface area contributed by atoms with Crippen LogP contribution in [0.3, 0.4) is 0 Å². The number of benzene rings is 3. The number of hydrogen-bond donors (Lipinski definition) is 0. The molecule has 0 unspecified atom stereocenters. The van der Waals surface area contributed by atoms with E-state index < -0.39 is 18.2 Å². The molecule has 0 bridgehead atoms. The van der Waals surface area contributed by atoms with Crippen LogP contribution in [-0.2, 0) is 26.3 Å². The molecule has 5 nitrogen and oxygen atoms in total. The first kappa shape index (κ1) is 26.8. The number of nitrogens with zero attached hydrogens (tertiary/aromatic N) is 1. The molecule has 0 N–H and O–H groups in total. The summed E-state index contributed by atoms with van der Waals surface area (Å²) in [6, 6.07) is 18.4. The summed E-state index contributed by atoms with van der Waals surface area (Å²) in [4.78, 5) is 26.7. The van der Waals surface area contributed by atoms with E-state index in [1.54, 1.807) is 18.2 Å². The molecule has 0 aliphatic rings. The molecule has 0 aromatic heterocycles. The minimum Gasteiger partial charge on any atom is -0.462 e. The topological polar surface area (TPSA) is 55.8 Å². The molecule has 36 heavy (non-hydrogen) atoms. The van der Waals surface area contributed by atoms with E-state index >= 15 is 0 Å². The van der Waals surface area contributed by atoms with E-state index in [0.29, 0.717) is 16.8 Å². The van der Waals surface area contributed by atoms with Gasteiger partial charge in [0.1, 0.15) is 5.75 Å². The van der Waals surface area contributed by atoms with Gasteiger partial charge >= 0.3 is 18.2 Å². The van der Waals surface area contributed by atoms with E-state index in [9.17, 15) is 22.8 Å². The van der Waals surface area contributed by atoms with Crippen molar-refractivity contribution in [3.63, 3.8) is 0 Å². The molecule has 190 valence electrons. The molecule has 3 aromatic carbocycles. The molecular weight excluding hydrogens is 471 g/mol. The summed E-state index contributed by atoms with van der Waals surface area (Å²) in [6.45, 7) is 8.23. The Balaban J connectivity index is 2.05. The van der Waals surface area contributed by atoms with Crippen LogP contribution in [-0.4, -0.2) is 25.3 Å². The fourth-order valence-electron chi connectivity index (χ4n) is 3.71. The quantitative estimate of drug-likeness (QED) is 0.295. The van der Waals surface area contributed by atoms with Crippen molar-refractivity contribution in [1.82, 2.24) is 0 Å². The highest BCUT2D eigenvalue weighted by Crippen LogP contribution is 2.35. The van der Waals surface area contributed by atoms with Gasteiger partial charge in [0.15, 0.2) is 0 Å². The minimum absolute atomic E-state index is 0.0494. The van der Waals surface area contributed by atoms with Gasteiger partial charge in [-0.05, 0) is 53.3 Å². The third-order valence-corrected chi connectivity index (χ3v) is 5.61. The summed E-state index contributed by atoms with van der Waals surface area (Å²) < 4.78 is 46.4. The van der Waals surface area contributed by atoms with Gasteiger partial charge in [-0.1, -0.05) is 68.8 Å². The highest BCUT2D eigenvalue weighted by atomic mass is 19.4. The van der Waals surface area contributed by atoms with Crippen molar-refractivity contribution >= 4 is 17.6 Å².